The summed E-state index contributed by atoms with van der Waals surface area (Å²) in [7, 11) is 3.14. The van der Waals surface area contributed by atoms with Crippen LogP contribution in [0.15, 0.2) is 18.2 Å². The van der Waals surface area contributed by atoms with Crippen LogP contribution in [0, 0.1) is 5.92 Å². The number of methoxy groups -OCH3 is 2. The molecule has 0 aliphatic rings. The molecule has 6 heteroatoms. The molecule has 0 aliphatic heterocycles. The summed E-state index contributed by atoms with van der Waals surface area (Å²) >= 11 is -0.122. The van der Waals surface area contributed by atoms with Crippen molar-refractivity contribution in [1.29, 1.82) is 0 Å². The maximum absolute atomic E-state index is 12.3. The first kappa shape index (κ1) is 16.6. The van der Waals surface area contributed by atoms with Crippen LogP contribution in [-0.2, 0) is 4.79 Å². The molecule has 2 rings (SSSR count). The number of carboxylic acids is 1. The standard InChI is InChI=1S/C16H18O5Se/c1-4-9(16(18)19)5-11(17)15-7-10-6-12(20-2)13(21-3)8-14(10)22-15/h6-9H,4-5H2,1-3H3,(H,18,19)/t9-/m0/s1. The van der Waals surface area contributed by atoms with Gasteiger partial charge in [-0.2, -0.15) is 0 Å². The Balaban J connectivity index is 2.32. The van der Waals surface area contributed by atoms with Gasteiger partial charge in [-0.3, -0.25) is 0 Å². The van der Waals surface area contributed by atoms with Crippen LogP contribution in [0.1, 0.15) is 29.0 Å². The van der Waals surface area contributed by atoms with E-state index in [1.165, 1.54) is 0 Å². The third-order valence-corrected chi connectivity index (χ3v) is 5.96. The number of hydrogen-bond donors (Lipinski definition) is 1. The molecule has 0 saturated heterocycles. The Bertz CT molecular complexity index is 663. The number of aliphatic carboxylic acids is 1. The topological polar surface area (TPSA) is 72.8 Å². The number of hydrogen-bond acceptors (Lipinski definition) is 4. The van der Waals surface area contributed by atoms with Crippen molar-refractivity contribution in [3.8, 4) is 11.5 Å². The fraction of sp³-hybridized carbons (Fsp3) is 0.375. The van der Waals surface area contributed by atoms with Crippen molar-refractivity contribution >= 4 is 35.9 Å². The molecule has 22 heavy (non-hydrogen) atoms. The first-order chi connectivity index (χ1) is 10.5. The molecule has 1 atom stereocenters. The number of ether oxygens (including phenoxy) is 2. The molecular formula is C16H18O5Se. The predicted octanol–water partition coefficient (Wildman–Crippen LogP) is 2.60. The van der Waals surface area contributed by atoms with Crippen molar-refractivity contribution in [3.05, 3.63) is 22.6 Å². The van der Waals surface area contributed by atoms with Gasteiger partial charge in [0.2, 0.25) is 0 Å². The number of carbonyl (C=O) groups excluding carboxylic acids is 1. The summed E-state index contributed by atoms with van der Waals surface area (Å²) in [5, 5.41) is 10.0. The average Bonchev–Trinajstić information content (AvgIpc) is 2.93. The van der Waals surface area contributed by atoms with Gasteiger partial charge in [-0.15, -0.1) is 0 Å². The van der Waals surface area contributed by atoms with Gasteiger partial charge in [0.25, 0.3) is 0 Å². The van der Waals surface area contributed by atoms with Gasteiger partial charge < -0.3 is 0 Å². The molecule has 0 radical (unpaired) electrons. The van der Waals surface area contributed by atoms with Crippen LogP contribution in [0.25, 0.3) is 9.65 Å². The number of benzene rings is 1. The molecule has 0 saturated carbocycles. The Labute approximate surface area is 134 Å². The van der Waals surface area contributed by atoms with Crippen LogP contribution >= 0.6 is 0 Å². The summed E-state index contributed by atoms with van der Waals surface area (Å²) in [5.41, 5.74) is 0. The van der Waals surface area contributed by atoms with Gasteiger partial charge in [-0.25, -0.2) is 0 Å². The Hall–Kier alpha value is -1.78. The van der Waals surface area contributed by atoms with Crippen LogP contribution in [0.3, 0.4) is 0 Å². The Morgan fingerprint density at radius 1 is 1.18 bits per heavy atom. The maximum atomic E-state index is 12.3. The van der Waals surface area contributed by atoms with E-state index < -0.39 is 11.9 Å². The summed E-state index contributed by atoms with van der Waals surface area (Å²) in [6.07, 6.45) is 0.512. The SMILES string of the molecule is CC[C@@H](CC(=O)c1cc2cc(OC)c(OC)cc2[se]1)C(=O)O. The first-order valence-corrected chi connectivity index (χ1v) is 8.63. The zero-order chi connectivity index (χ0) is 16.3. The Morgan fingerprint density at radius 2 is 1.82 bits per heavy atom. The summed E-state index contributed by atoms with van der Waals surface area (Å²) in [6.45, 7) is 1.78. The second-order valence-corrected chi connectivity index (χ2v) is 7.20. The summed E-state index contributed by atoms with van der Waals surface area (Å²) < 4.78 is 12.3. The molecule has 1 N–H and O–H groups in total. The minimum atomic E-state index is -0.914. The van der Waals surface area contributed by atoms with E-state index in [1.54, 1.807) is 21.1 Å². The average molecular weight is 369 g/mol. The van der Waals surface area contributed by atoms with Gasteiger partial charge in [-0.1, -0.05) is 0 Å². The molecule has 1 aromatic heterocycles. The molecule has 0 aliphatic carbocycles. The predicted molar refractivity (Wildman–Crippen MR) is 84.4 cm³/mol. The quantitative estimate of drug-likeness (QED) is 0.600. The van der Waals surface area contributed by atoms with E-state index in [-0.39, 0.29) is 26.7 Å². The Morgan fingerprint density at radius 3 is 2.36 bits per heavy atom. The summed E-state index contributed by atoms with van der Waals surface area (Å²) in [5.74, 6) is -0.343. The first-order valence-electron chi connectivity index (χ1n) is 6.91. The molecule has 0 spiro atoms. The van der Waals surface area contributed by atoms with E-state index in [0.717, 1.165) is 9.65 Å². The number of fused-ring (bicyclic) bond motifs is 1. The van der Waals surface area contributed by atoms with Gasteiger partial charge >= 0.3 is 134 Å². The number of carbonyl (C=O) groups is 2. The van der Waals surface area contributed by atoms with Crippen LogP contribution in [0.2, 0.25) is 0 Å². The molecule has 2 aromatic rings. The number of Topliss-reactive ketones (excluding diaryl/α,β-unsaturated/α-hetero) is 1. The molecule has 0 fully saturated rings. The van der Waals surface area contributed by atoms with Gasteiger partial charge in [-0.05, 0) is 0 Å². The zero-order valence-corrected chi connectivity index (χ0v) is 14.4. The molecule has 118 valence electrons. The van der Waals surface area contributed by atoms with E-state index in [1.807, 2.05) is 18.2 Å². The third-order valence-electron chi connectivity index (χ3n) is 3.57. The van der Waals surface area contributed by atoms with Crippen molar-refractivity contribution in [1.82, 2.24) is 0 Å². The zero-order valence-electron chi connectivity index (χ0n) is 12.7. The van der Waals surface area contributed by atoms with Crippen molar-refractivity contribution in [3.63, 3.8) is 0 Å². The molecule has 0 amide bonds. The van der Waals surface area contributed by atoms with Crippen molar-refractivity contribution in [2.24, 2.45) is 5.92 Å². The molecule has 1 heterocycles. The van der Waals surface area contributed by atoms with Gasteiger partial charge in [0.15, 0.2) is 0 Å². The van der Waals surface area contributed by atoms with Crippen molar-refractivity contribution in [2.75, 3.05) is 14.2 Å². The summed E-state index contributed by atoms with van der Waals surface area (Å²) in [4.78, 5) is 23.4. The number of rotatable bonds is 7. The van der Waals surface area contributed by atoms with Gasteiger partial charge in [0, 0.05) is 0 Å². The van der Waals surface area contributed by atoms with Gasteiger partial charge in [0.05, 0.1) is 0 Å². The van der Waals surface area contributed by atoms with Crippen LogP contribution in [0.4, 0.5) is 0 Å². The molecule has 1 aromatic carbocycles. The number of ketones is 1. The fourth-order valence-corrected chi connectivity index (χ4v) is 4.38. The molecule has 5 nitrogen and oxygen atoms in total. The second kappa shape index (κ2) is 6.99. The fourth-order valence-electron chi connectivity index (χ4n) is 2.23. The van der Waals surface area contributed by atoms with Gasteiger partial charge in [0.1, 0.15) is 0 Å². The van der Waals surface area contributed by atoms with E-state index in [4.69, 9.17) is 14.6 Å². The van der Waals surface area contributed by atoms with Crippen LogP contribution in [0.5, 0.6) is 11.5 Å². The van der Waals surface area contributed by atoms with Crippen molar-refractivity contribution in [2.45, 2.75) is 19.8 Å². The number of carboxylic acid groups (broad SMARTS) is 1. The third kappa shape index (κ3) is 3.34. The van der Waals surface area contributed by atoms with E-state index >= 15 is 0 Å². The summed E-state index contributed by atoms with van der Waals surface area (Å²) in [6, 6.07) is 5.58. The van der Waals surface area contributed by atoms with E-state index in [2.05, 4.69) is 0 Å². The molecular weight excluding hydrogens is 351 g/mol. The molecule has 0 bridgehead atoms. The normalized spacial score (nSPS) is 12.1. The minimum absolute atomic E-state index is 0.0572. The monoisotopic (exact) mass is 370 g/mol. The second-order valence-electron chi connectivity index (χ2n) is 4.93. The van der Waals surface area contributed by atoms with E-state index in [9.17, 15) is 9.59 Å². The van der Waals surface area contributed by atoms with Crippen LogP contribution < -0.4 is 9.47 Å². The van der Waals surface area contributed by atoms with Crippen LogP contribution in [-0.4, -0.2) is 45.6 Å². The Kier molecular flexibility index (Phi) is 5.27. The van der Waals surface area contributed by atoms with E-state index in [0.29, 0.717) is 22.4 Å². The molecule has 0 unspecified atom stereocenters. The van der Waals surface area contributed by atoms with Crippen molar-refractivity contribution < 1.29 is 24.2 Å².